The van der Waals surface area contributed by atoms with Crippen molar-refractivity contribution in [2.45, 2.75) is 6.04 Å². The Kier molecular flexibility index (Phi) is 5.40. The Bertz CT molecular complexity index is 951. The maximum atomic E-state index is 11.6. The van der Waals surface area contributed by atoms with Crippen LogP contribution in [0.1, 0.15) is 22.0 Å². The Morgan fingerprint density at radius 2 is 2.12 bits per heavy atom. The highest BCUT2D eigenvalue weighted by Gasteiger charge is 2.24. The summed E-state index contributed by atoms with van der Waals surface area (Å²) in [5, 5.41) is 15.0. The first-order valence-corrected chi connectivity index (χ1v) is 8.60. The van der Waals surface area contributed by atoms with Gasteiger partial charge in [0.25, 0.3) is 5.91 Å². The van der Waals surface area contributed by atoms with Crippen molar-refractivity contribution >= 4 is 38.7 Å². The van der Waals surface area contributed by atoms with Gasteiger partial charge in [-0.2, -0.15) is 0 Å². The van der Waals surface area contributed by atoms with Crippen LogP contribution in [0.5, 0.6) is 0 Å². The van der Waals surface area contributed by atoms with E-state index < -0.39 is 11.9 Å². The fourth-order valence-corrected chi connectivity index (χ4v) is 3.13. The summed E-state index contributed by atoms with van der Waals surface area (Å²) in [6, 6.07) is 8.66. The molecular formula is C17H17BrN6O2. The lowest BCUT2D eigenvalue weighted by atomic mass is 10.1. The van der Waals surface area contributed by atoms with Crippen molar-refractivity contribution in [1.29, 1.82) is 0 Å². The monoisotopic (exact) mass is 416 g/mol. The number of carbonyl (C=O) groups excluding carboxylic acids is 1. The van der Waals surface area contributed by atoms with E-state index in [-0.39, 0.29) is 11.4 Å². The summed E-state index contributed by atoms with van der Waals surface area (Å²) in [6.45, 7) is 0.452. The fraction of sp³-hybridized carbons (Fsp3) is 0.176. The number of hydrogen-bond donors (Lipinski definition) is 3. The molecular weight excluding hydrogens is 400 g/mol. The standard InChI is InChI=1S/C17H17BrN6O2/c1-20-8-13(10-3-2-4-11(18)7-10)24(26)17-15-14(22-9-23-17)12(16(19)25)5-6-21-15/h2-7,9,13,20,26H,8H2,1H3,(H2,19,25)/t13-/m1/s1. The topological polar surface area (TPSA) is 117 Å². The summed E-state index contributed by atoms with van der Waals surface area (Å²) in [5.41, 5.74) is 7.08. The summed E-state index contributed by atoms with van der Waals surface area (Å²) in [5.74, 6) is -0.427. The summed E-state index contributed by atoms with van der Waals surface area (Å²) < 4.78 is 0.895. The van der Waals surface area contributed by atoms with Crippen LogP contribution in [0.25, 0.3) is 11.0 Å². The summed E-state index contributed by atoms with van der Waals surface area (Å²) >= 11 is 3.44. The Balaban J connectivity index is 2.11. The van der Waals surface area contributed by atoms with Crippen molar-refractivity contribution < 1.29 is 10.0 Å². The zero-order chi connectivity index (χ0) is 18.7. The second-order valence-electron chi connectivity index (χ2n) is 5.59. The third kappa shape index (κ3) is 3.50. The molecule has 26 heavy (non-hydrogen) atoms. The zero-order valence-corrected chi connectivity index (χ0v) is 15.5. The molecule has 3 aromatic rings. The van der Waals surface area contributed by atoms with Gasteiger partial charge in [0.2, 0.25) is 0 Å². The van der Waals surface area contributed by atoms with E-state index in [4.69, 9.17) is 5.73 Å². The van der Waals surface area contributed by atoms with Gasteiger partial charge in [0.05, 0.1) is 11.6 Å². The molecule has 1 amide bonds. The molecule has 134 valence electrons. The zero-order valence-electron chi connectivity index (χ0n) is 13.9. The highest BCUT2D eigenvalue weighted by molar-refractivity contribution is 9.10. The number of nitrogens with two attached hydrogens (primary N) is 1. The van der Waals surface area contributed by atoms with Crippen LogP contribution < -0.4 is 16.1 Å². The normalized spacial score (nSPS) is 12.1. The first-order chi connectivity index (χ1) is 12.5. The summed E-state index contributed by atoms with van der Waals surface area (Å²) in [4.78, 5) is 24.1. The highest BCUT2D eigenvalue weighted by Crippen LogP contribution is 2.29. The van der Waals surface area contributed by atoms with Crippen LogP contribution in [-0.2, 0) is 0 Å². The van der Waals surface area contributed by atoms with Gasteiger partial charge in [-0.1, -0.05) is 28.1 Å². The lowest BCUT2D eigenvalue weighted by molar-refractivity contribution is 0.100. The molecule has 0 saturated heterocycles. The molecule has 0 spiro atoms. The Labute approximate surface area is 158 Å². The number of likely N-dealkylation sites (N-methyl/N-ethyl adjacent to an activating group) is 1. The fourth-order valence-electron chi connectivity index (χ4n) is 2.72. The molecule has 2 heterocycles. The average Bonchev–Trinajstić information content (AvgIpc) is 2.64. The minimum atomic E-state index is -0.620. The summed E-state index contributed by atoms with van der Waals surface area (Å²) in [7, 11) is 1.79. The lowest BCUT2D eigenvalue weighted by Crippen LogP contribution is -2.33. The number of hydroxylamine groups is 1. The van der Waals surface area contributed by atoms with E-state index in [2.05, 4.69) is 36.2 Å². The smallest absolute Gasteiger partial charge is 0.251 e. The number of hydrogen-bond acceptors (Lipinski definition) is 7. The second kappa shape index (κ2) is 7.73. The van der Waals surface area contributed by atoms with Crippen LogP contribution in [0, 0.1) is 0 Å². The molecule has 4 N–H and O–H groups in total. The van der Waals surface area contributed by atoms with Gasteiger partial charge in [-0.3, -0.25) is 15.0 Å². The third-order valence-electron chi connectivity index (χ3n) is 3.91. The predicted octanol–water partition coefficient (Wildman–Crippen LogP) is 2.04. The van der Waals surface area contributed by atoms with E-state index in [1.54, 1.807) is 7.05 Å². The van der Waals surface area contributed by atoms with E-state index in [1.807, 2.05) is 24.3 Å². The van der Waals surface area contributed by atoms with Crippen molar-refractivity contribution in [3.05, 3.63) is 58.5 Å². The number of anilines is 1. The van der Waals surface area contributed by atoms with Crippen molar-refractivity contribution in [2.24, 2.45) is 5.73 Å². The van der Waals surface area contributed by atoms with Crippen LogP contribution in [0.4, 0.5) is 5.82 Å². The molecule has 0 saturated carbocycles. The molecule has 0 aliphatic heterocycles. The number of benzene rings is 1. The number of pyridine rings is 1. The number of amides is 1. The van der Waals surface area contributed by atoms with Crippen LogP contribution >= 0.6 is 15.9 Å². The number of aromatic nitrogens is 3. The molecule has 0 unspecified atom stereocenters. The van der Waals surface area contributed by atoms with Crippen molar-refractivity contribution in [3.63, 3.8) is 0 Å². The van der Waals surface area contributed by atoms with Crippen LogP contribution in [-0.4, -0.2) is 39.7 Å². The molecule has 2 aromatic heterocycles. The Morgan fingerprint density at radius 3 is 2.81 bits per heavy atom. The molecule has 8 nitrogen and oxygen atoms in total. The van der Waals surface area contributed by atoms with Gasteiger partial charge in [-0.25, -0.2) is 15.0 Å². The molecule has 0 fully saturated rings. The maximum Gasteiger partial charge on any atom is 0.251 e. The number of fused-ring (bicyclic) bond motifs is 1. The summed E-state index contributed by atoms with van der Waals surface area (Å²) in [6.07, 6.45) is 2.71. The van der Waals surface area contributed by atoms with E-state index >= 15 is 0 Å². The average molecular weight is 417 g/mol. The van der Waals surface area contributed by atoms with E-state index in [9.17, 15) is 10.0 Å². The van der Waals surface area contributed by atoms with Crippen LogP contribution in [0.3, 0.4) is 0 Å². The van der Waals surface area contributed by atoms with Crippen molar-refractivity contribution in [3.8, 4) is 0 Å². The van der Waals surface area contributed by atoms with Crippen molar-refractivity contribution in [1.82, 2.24) is 20.3 Å². The minimum absolute atomic E-state index is 0.193. The quantitative estimate of drug-likeness (QED) is 0.526. The molecule has 0 aliphatic rings. The number of rotatable bonds is 6. The molecule has 3 rings (SSSR count). The molecule has 0 radical (unpaired) electrons. The Morgan fingerprint density at radius 1 is 1.31 bits per heavy atom. The highest BCUT2D eigenvalue weighted by atomic mass is 79.9. The molecule has 0 bridgehead atoms. The molecule has 0 aliphatic carbocycles. The molecule has 1 atom stereocenters. The van der Waals surface area contributed by atoms with Crippen molar-refractivity contribution in [2.75, 3.05) is 18.7 Å². The van der Waals surface area contributed by atoms with Gasteiger partial charge in [0.15, 0.2) is 5.82 Å². The molecule has 1 aromatic carbocycles. The van der Waals surface area contributed by atoms with Gasteiger partial charge in [-0.15, -0.1) is 0 Å². The number of nitrogens with one attached hydrogen (secondary N) is 1. The van der Waals surface area contributed by atoms with Gasteiger partial charge < -0.3 is 11.1 Å². The van der Waals surface area contributed by atoms with Crippen LogP contribution in [0.15, 0.2) is 47.3 Å². The van der Waals surface area contributed by atoms with Gasteiger partial charge >= 0.3 is 0 Å². The SMILES string of the molecule is CNC[C@H](c1cccc(Br)c1)N(O)c1ncnc2c(C(N)=O)ccnc12. The first kappa shape index (κ1) is 18.2. The predicted molar refractivity (Wildman–Crippen MR) is 101 cm³/mol. The number of carbonyl (C=O) groups is 1. The second-order valence-corrected chi connectivity index (χ2v) is 6.51. The van der Waals surface area contributed by atoms with Gasteiger partial charge in [-0.05, 0) is 30.8 Å². The first-order valence-electron chi connectivity index (χ1n) is 7.80. The Hall–Kier alpha value is -2.62. The largest absolute Gasteiger partial charge is 0.366 e. The van der Waals surface area contributed by atoms with E-state index in [0.717, 1.165) is 15.1 Å². The third-order valence-corrected chi connectivity index (χ3v) is 4.40. The van der Waals surface area contributed by atoms with Gasteiger partial charge in [0.1, 0.15) is 17.4 Å². The van der Waals surface area contributed by atoms with Gasteiger partial charge in [0, 0.05) is 17.2 Å². The number of halogens is 1. The van der Waals surface area contributed by atoms with E-state index in [0.29, 0.717) is 17.6 Å². The lowest BCUT2D eigenvalue weighted by Gasteiger charge is -2.27. The maximum absolute atomic E-state index is 11.6. The molecule has 9 heteroatoms. The minimum Gasteiger partial charge on any atom is -0.366 e. The van der Waals surface area contributed by atoms with Crippen LogP contribution in [0.2, 0.25) is 0 Å². The number of primary amides is 1. The number of nitrogens with zero attached hydrogens (tertiary/aromatic N) is 4. The van der Waals surface area contributed by atoms with E-state index in [1.165, 1.54) is 18.6 Å².